The van der Waals surface area contributed by atoms with Gasteiger partial charge in [0, 0.05) is 31.1 Å². The first-order valence-corrected chi connectivity index (χ1v) is 7.95. The zero-order valence-corrected chi connectivity index (χ0v) is 12.7. The van der Waals surface area contributed by atoms with E-state index in [0.29, 0.717) is 13.1 Å². The molecule has 7 heteroatoms. The van der Waals surface area contributed by atoms with E-state index in [2.05, 4.69) is 28.6 Å². The Kier molecular flexibility index (Phi) is 3.97. The number of carbonyl (C=O) groups is 2. The van der Waals surface area contributed by atoms with Gasteiger partial charge in [-0.05, 0) is 23.9 Å². The molecule has 0 unspecified atom stereocenters. The van der Waals surface area contributed by atoms with Crippen LogP contribution in [-0.2, 0) is 16.1 Å². The number of thiophene rings is 1. The van der Waals surface area contributed by atoms with Crippen molar-refractivity contribution in [3.05, 3.63) is 21.9 Å². The van der Waals surface area contributed by atoms with Gasteiger partial charge < -0.3 is 15.3 Å². The molecule has 114 valence electrons. The zero-order chi connectivity index (χ0) is 15.0. The van der Waals surface area contributed by atoms with Gasteiger partial charge in [0.2, 0.25) is 11.8 Å². The topological polar surface area (TPSA) is 72.9 Å². The van der Waals surface area contributed by atoms with Crippen LogP contribution in [0.5, 0.6) is 0 Å². The van der Waals surface area contributed by atoms with Crippen molar-refractivity contribution in [1.29, 1.82) is 0 Å². The van der Waals surface area contributed by atoms with Gasteiger partial charge in [0.05, 0.1) is 6.61 Å². The number of aliphatic hydroxyl groups excluding tert-OH is 1. The van der Waals surface area contributed by atoms with Crippen LogP contribution in [0.4, 0.5) is 0 Å². The highest BCUT2D eigenvalue weighted by atomic mass is 32.1. The number of amides is 2. The molecule has 0 radical (unpaired) electrons. The Balaban J connectivity index is 1.69. The summed E-state index contributed by atoms with van der Waals surface area (Å²) in [5, 5.41) is 13.8. The molecule has 0 saturated carbocycles. The minimum absolute atomic E-state index is 0.166. The quantitative estimate of drug-likeness (QED) is 0.794. The Morgan fingerprint density at radius 3 is 2.90 bits per heavy atom. The normalized spacial score (nSPS) is 26.7. The summed E-state index contributed by atoms with van der Waals surface area (Å²) in [5.74, 6) is -0.338. The van der Waals surface area contributed by atoms with E-state index in [1.807, 2.05) is 0 Å². The summed E-state index contributed by atoms with van der Waals surface area (Å²) >= 11 is 1.72. The van der Waals surface area contributed by atoms with Crippen LogP contribution in [0, 0.1) is 6.92 Å². The van der Waals surface area contributed by atoms with Gasteiger partial charge in [-0.3, -0.25) is 14.5 Å². The van der Waals surface area contributed by atoms with Crippen LogP contribution >= 0.6 is 11.3 Å². The largest absolute Gasteiger partial charge is 0.394 e. The summed E-state index contributed by atoms with van der Waals surface area (Å²) in [6.45, 7) is 4.41. The molecule has 3 heterocycles. The van der Waals surface area contributed by atoms with Crippen molar-refractivity contribution in [1.82, 2.24) is 15.1 Å². The number of piperazine rings is 2. The summed E-state index contributed by atoms with van der Waals surface area (Å²) in [7, 11) is 0. The molecule has 0 aromatic carbocycles. The number of carbonyl (C=O) groups excluding carboxylic acids is 2. The van der Waals surface area contributed by atoms with Gasteiger partial charge in [0.1, 0.15) is 12.1 Å². The molecular formula is C14H19N3O3S. The van der Waals surface area contributed by atoms with Crippen LogP contribution in [0.2, 0.25) is 0 Å². The minimum atomic E-state index is -0.778. The molecule has 3 rings (SSSR count). The molecule has 2 atom stereocenters. The van der Waals surface area contributed by atoms with Gasteiger partial charge in [0.25, 0.3) is 0 Å². The number of nitrogens with one attached hydrogen (secondary N) is 1. The molecular weight excluding hydrogens is 290 g/mol. The first kappa shape index (κ1) is 14.5. The number of aryl methyl sites for hydroxylation is 1. The lowest BCUT2D eigenvalue weighted by Crippen LogP contribution is -2.69. The van der Waals surface area contributed by atoms with Crippen molar-refractivity contribution < 1.29 is 14.7 Å². The van der Waals surface area contributed by atoms with Crippen LogP contribution in [0.3, 0.4) is 0 Å². The van der Waals surface area contributed by atoms with E-state index in [1.54, 1.807) is 16.2 Å². The van der Waals surface area contributed by atoms with Crippen molar-refractivity contribution in [2.45, 2.75) is 25.6 Å². The van der Waals surface area contributed by atoms with Crippen LogP contribution in [0.25, 0.3) is 0 Å². The molecule has 2 fully saturated rings. The number of hydrogen-bond acceptors (Lipinski definition) is 5. The fourth-order valence-corrected chi connectivity index (χ4v) is 3.84. The Bertz CT molecular complexity index is 559. The SMILES string of the molecule is Cc1ccsc1CN1CCN2C(=O)[C@@H](CO)NC(=O)[C@H]2C1. The molecule has 0 aliphatic carbocycles. The monoisotopic (exact) mass is 309 g/mol. The molecule has 1 aromatic rings. The maximum atomic E-state index is 12.1. The van der Waals surface area contributed by atoms with E-state index >= 15 is 0 Å². The summed E-state index contributed by atoms with van der Waals surface area (Å²) in [6, 6.07) is 0.882. The number of aliphatic hydroxyl groups is 1. The van der Waals surface area contributed by atoms with E-state index < -0.39 is 12.1 Å². The smallest absolute Gasteiger partial charge is 0.248 e. The molecule has 2 aliphatic rings. The van der Waals surface area contributed by atoms with Crippen molar-refractivity contribution in [3.63, 3.8) is 0 Å². The van der Waals surface area contributed by atoms with Gasteiger partial charge in [-0.2, -0.15) is 0 Å². The van der Waals surface area contributed by atoms with Gasteiger partial charge >= 0.3 is 0 Å². The van der Waals surface area contributed by atoms with E-state index in [4.69, 9.17) is 5.11 Å². The molecule has 2 saturated heterocycles. The molecule has 2 aliphatic heterocycles. The average Bonchev–Trinajstić information content (AvgIpc) is 2.88. The van der Waals surface area contributed by atoms with Crippen molar-refractivity contribution in [3.8, 4) is 0 Å². The molecule has 2 N–H and O–H groups in total. The molecule has 0 spiro atoms. The first-order chi connectivity index (χ1) is 10.1. The molecule has 1 aromatic heterocycles. The number of hydrogen-bond donors (Lipinski definition) is 2. The Labute approximate surface area is 127 Å². The molecule has 6 nitrogen and oxygen atoms in total. The highest BCUT2D eigenvalue weighted by molar-refractivity contribution is 7.10. The molecule has 21 heavy (non-hydrogen) atoms. The Morgan fingerprint density at radius 2 is 2.24 bits per heavy atom. The lowest BCUT2D eigenvalue weighted by Gasteiger charge is -2.44. The predicted molar refractivity (Wildman–Crippen MR) is 78.9 cm³/mol. The predicted octanol–water partition coefficient (Wildman–Crippen LogP) is -0.440. The van der Waals surface area contributed by atoms with E-state index in [-0.39, 0.29) is 18.4 Å². The summed E-state index contributed by atoms with van der Waals surface area (Å²) in [6.07, 6.45) is 0. The maximum absolute atomic E-state index is 12.1. The third-order valence-electron chi connectivity index (χ3n) is 4.18. The van der Waals surface area contributed by atoms with E-state index in [9.17, 15) is 9.59 Å². The third kappa shape index (κ3) is 2.68. The number of nitrogens with zero attached hydrogens (tertiary/aromatic N) is 2. The fourth-order valence-electron chi connectivity index (χ4n) is 2.89. The van der Waals surface area contributed by atoms with Crippen LogP contribution in [0.1, 0.15) is 10.4 Å². The van der Waals surface area contributed by atoms with Gasteiger partial charge in [-0.1, -0.05) is 0 Å². The highest BCUT2D eigenvalue weighted by Gasteiger charge is 2.43. The van der Waals surface area contributed by atoms with Gasteiger partial charge in [-0.15, -0.1) is 11.3 Å². The zero-order valence-electron chi connectivity index (χ0n) is 11.9. The standard InChI is InChI=1S/C14H19N3O3S/c1-9-2-5-21-12(9)7-16-3-4-17-11(6-16)13(19)15-10(8-18)14(17)20/h2,5,10-11,18H,3-4,6-8H2,1H3,(H,15,19)/t10-,11-/m1/s1. The number of fused-ring (bicyclic) bond motifs is 1. The summed E-state index contributed by atoms with van der Waals surface area (Å²) in [4.78, 5) is 29.4. The van der Waals surface area contributed by atoms with Crippen LogP contribution < -0.4 is 5.32 Å². The Morgan fingerprint density at radius 1 is 1.43 bits per heavy atom. The molecule has 0 bridgehead atoms. The third-order valence-corrected chi connectivity index (χ3v) is 5.19. The van der Waals surface area contributed by atoms with E-state index in [1.165, 1.54) is 10.4 Å². The fraction of sp³-hybridized carbons (Fsp3) is 0.571. The molecule has 2 amide bonds. The minimum Gasteiger partial charge on any atom is -0.394 e. The van der Waals surface area contributed by atoms with Crippen molar-refractivity contribution in [2.75, 3.05) is 26.2 Å². The van der Waals surface area contributed by atoms with Gasteiger partial charge in [-0.25, -0.2) is 0 Å². The average molecular weight is 309 g/mol. The Hall–Kier alpha value is -1.44. The second-order valence-electron chi connectivity index (χ2n) is 5.55. The lowest BCUT2D eigenvalue weighted by atomic mass is 10.0. The second-order valence-corrected chi connectivity index (χ2v) is 6.55. The first-order valence-electron chi connectivity index (χ1n) is 7.07. The maximum Gasteiger partial charge on any atom is 0.248 e. The second kappa shape index (κ2) is 5.75. The summed E-state index contributed by atoms with van der Waals surface area (Å²) in [5.41, 5.74) is 1.27. The van der Waals surface area contributed by atoms with Crippen LogP contribution in [0.15, 0.2) is 11.4 Å². The van der Waals surface area contributed by atoms with E-state index in [0.717, 1.165) is 13.1 Å². The number of rotatable bonds is 3. The van der Waals surface area contributed by atoms with Crippen molar-refractivity contribution >= 4 is 23.2 Å². The summed E-state index contributed by atoms with van der Waals surface area (Å²) < 4.78 is 0. The van der Waals surface area contributed by atoms with Gasteiger partial charge in [0.15, 0.2) is 0 Å². The lowest BCUT2D eigenvalue weighted by molar-refractivity contribution is -0.154. The highest BCUT2D eigenvalue weighted by Crippen LogP contribution is 2.21. The van der Waals surface area contributed by atoms with Crippen LogP contribution in [-0.4, -0.2) is 65.0 Å². The van der Waals surface area contributed by atoms with Crippen molar-refractivity contribution in [2.24, 2.45) is 0 Å².